The number of aromatic hydroxyl groups is 1. The van der Waals surface area contributed by atoms with Gasteiger partial charge in [-0.2, -0.15) is 0 Å². The number of nitrogens with two attached hydrogens (primary N) is 1. The SMILES string of the molecule is NC[C@H](O)c1cc(O)ccc1Br. The zero-order valence-electron chi connectivity index (χ0n) is 6.37. The van der Waals surface area contributed by atoms with Gasteiger partial charge in [-0.05, 0) is 23.8 Å². The molecule has 0 aromatic heterocycles. The Kier molecular flexibility index (Phi) is 3.08. The summed E-state index contributed by atoms with van der Waals surface area (Å²) < 4.78 is 0.748. The summed E-state index contributed by atoms with van der Waals surface area (Å²) in [4.78, 5) is 0. The van der Waals surface area contributed by atoms with Gasteiger partial charge in [0, 0.05) is 11.0 Å². The van der Waals surface area contributed by atoms with E-state index in [0.717, 1.165) is 4.47 Å². The van der Waals surface area contributed by atoms with E-state index in [1.807, 2.05) is 0 Å². The van der Waals surface area contributed by atoms with Crippen LogP contribution in [0.25, 0.3) is 0 Å². The molecule has 4 N–H and O–H groups in total. The van der Waals surface area contributed by atoms with E-state index in [4.69, 9.17) is 10.8 Å². The third-order valence-corrected chi connectivity index (χ3v) is 2.28. The Hall–Kier alpha value is -0.580. The van der Waals surface area contributed by atoms with Crippen LogP contribution in [0.3, 0.4) is 0 Å². The van der Waals surface area contributed by atoms with E-state index in [9.17, 15) is 5.11 Å². The third kappa shape index (κ3) is 1.97. The van der Waals surface area contributed by atoms with Crippen LogP contribution >= 0.6 is 15.9 Å². The minimum absolute atomic E-state index is 0.126. The lowest BCUT2D eigenvalue weighted by atomic mass is 10.1. The average Bonchev–Trinajstić information content (AvgIpc) is 2.08. The van der Waals surface area contributed by atoms with E-state index >= 15 is 0 Å². The first kappa shape index (κ1) is 9.51. The van der Waals surface area contributed by atoms with E-state index in [-0.39, 0.29) is 12.3 Å². The van der Waals surface area contributed by atoms with Crippen LogP contribution in [0.5, 0.6) is 5.75 Å². The topological polar surface area (TPSA) is 66.5 Å². The molecular formula is C8H10BrNO2. The van der Waals surface area contributed by atoms with Gasteiger partial charge in [-0.15, -0.1) is 0 Å². The van der Waals surface area contributed by atoms with Gasteiger partial charge >= 0.3 is 0 Å². The lowest BCUT2D eigenvalue weighted by Gasteiger charge is -2.10. The Morgan fingerprint density at radius 2 is 2.17 bits per heavy atom. The first-order valence-electron chi connectivity index (χ1n) is 3.51. The molecule has 0 aliphatic heterocycles. The van der Waals surface area contributed by atoms with E-state index in [2.05, 4.69) is 15.9 Å². The molecule has 3 nitrogen and oxygen atoms in total. The maximum Gasteiger partial charge on any atom is 0.116 e. The van der Waals surface area contributed by atoms with Gasteiger partial charge in [0.25, 0.3) is 0 Å². The van der Waals surface area contributed by atoms with Gasteiger partial charge in [0.05, 0.1) is 6.10 Å². The monoisotopic (exact) mass is 231 g/mol. The second-order valence-corrected chi connectivity index (χ2v) is 3.31. The molecule has 0 bridgehead atoms. The first-order valence-corrected chi connectivity index (χ1v) is 4.31. The molecule has 0 heterocycles. The van der Waals surface area contributed by atoms with Crippen molar-refractivity contribution in [3.8, 4) is 5.75 Å². The number of hydrogen-bond acceptors (Lipinski definition) is 3. The number of phenolic OH excluding ortho intramolecular Hbond substituents is 1. The Morgan fingerprint density at radius 1 is 1.50 bits per heavy atom. The normalized spacial score (nSPS) is 12.9. The Labute approximate surface area is 79.0 Å². The van der Waals surface area contributed by atoms with Crippen LogP contribution in [0.15, 0.2) is 22.7 Å². The molecule has 1 atom stereocenters. The Bertz CT molecular complexity index is 278. The summed E-state index contributed by atoms with van der Waals surface area (Å²) in [6.45, 7) is 0.141. The minimum Gasteiger partial charge on any atom is -0.508 e. The summed E-state index contributed by atoms with van der Waals surface area (Å²) >= 11 is 3.25. The summed E-state index contributed by atoms with van der Waals surface area (Å²) in [5, 5.41) is 18.5. The molecule has 66 valence electrons. The zero-order valence-corrected chi connectivity index (χ0v) is 7.95. The summed E-state index contributed by atoms with van der Waals surface area (Å²) in [6.07, 6.45) is -0.730. The van der Waals surface area contributed by atoms with E-state index in [1.165, 1.54) is 12.1 Å². The minimum atomic E-state index is -0.730. The highest BCUT2D eigenvalue weighted by Crippen LogP contribution is 2.26. The quantitative estimate of drug-likeness (QED) is 0.716. The molecule has 0 unspecified atom stereocenters. The number of halogens is 1. The molecule has 0 aliphatic rings. The van der Waals surface area contributed by atoms with Crippen molar-refractivity contribution in [2.24, 2.45) is 5.73 Å². The molecule has 0 saturated heterocycles. The van der Waals surface area contributed by atoms with E-state index < -0.39 is 6.10 Å². The van der Waals surface area contributed by atoms with Gasteiger partial charge in [0.1, 0.15) is 5.75 Å². The predicted octanol–water partition coefficient (Wildman–Crippen LogP) is 1.15. The second-order valence-electron chi connectivity index (χ2n) is 2.46. The van der Waals surface area contributed by atoms with Crippen LogP contribution < -0.4 is 5.73 Å². The smallest absolute Gasteiger partial charge is 0.116 e. The number of hydrogen-bond donors (Lipinski definition) is 3. The average molecular weight is 232 g/mol. The maximum absolute atomic E-state index is 9.37. The van der Waals surface area contributed by atoms with Crippen molar-refractivity contribution in [1.82, 2.24) is 0 Å². The van der Waals surface area contributed by atoms with Crippen molar-refractivity contribution in [3.05, 3.63) is 28.2 Å². The highest BCUT2D eigenvalue weighted by molar-refractivity contribution is 9.10. The zero-order chi connectivity index (χ0) is 9.14. The fraction of sp³-hybridized carbons (Fsp3) is 0.250. The van der Waals surface area contributed by atoms with Crippen LogP contribution in [-0.4, -0.2) is 16.8 Å². The van der Waals surface area contributed by atoms with Gasteiger partial charge in [-0.25, -0.2) is 0 Å². The van der Waals surface area contributed by atoms with Gasteiger partial charge in [0.2, 0.25) is 0 Å². The Morgan fingerprint density at radius 3 is 2.75 bits per heavy atom. The standard InChI is InChI=1S/C8H10BrNO2/c9-7-2-1-5(11)3-6(7)8(12)4-10/h1-3,8,11-12H,4,10H2/t8-/m0/s1. The second kappa shape index (κ2) is 3.89. The Balaban J connectivity index is 3.04. The molecule has 1 aromatic rings. The number of benzene rings is 1. The fourth-order valence-electron chi connectivity index (χ4n) is 0.913. The number of aliphatic hydroxyl groups excluding tert-OH is 1. The fourth-order valence-corrected chi connectivity index (χ4v) is 1.42. The molecule has 0 spiro atoms. The molecular weight excluding hydrogens is 222 g/mol. The molecule has 0 radical (unpaired) electrons. The van der Waals surface area contributed by atoms with Crippen LogP contribution in [-0.2, 0) is 0 Å². The summed E-state index contributed by atoms with van der Waals surface area (Å²) in [5.41, 5.74) is 5.88. The summed E-state index contributed by atoms with van der Waals surface area (Å²) in [5.74, 6) is 0.126. The molecule has 4 heteroatoms. The third-order valence-electron chi connectivity index (χ3n) is 1.56. The van der Waals surface area contributed by atoms with Crippen molar-refractivity contribution in [2.75, 3.05) is 6.54 Å². The summed E-state index contributed by atoms with van der Waals surface area (Å²) in [7, 11) is 0. The molecule has 12 heavy (non-hydrogen) atoms. The van der Waals surface area contributed by atoms with Crippen LogP contribution in [0, 0.1) is 0 Å². The van der Waals surface area contributed by atoms with Gasteiger partial charge in [0.15, 0.2) is 0 Å². The first-order chi connectivity index (χ1) is 5.65. The molecule has 0 aliphatic carbocycles. The highest BCUT2D eigenvalue weighted by atomic mass is 79.9. The lowest BCUT2D eigenvalue weighted by molar-refractivity contribution is 0.185. The summed E-state index contributed by atoms with van der Waals surface area (Å²) in [6, 6.07) is 4.70. The number of phenols is 1. The largest absolute Gasteiger partial charge is 0.508 e. The van der Waals surface area contributed by atoms with Crippen molar-refractivity contribution < 1.29 is 10.2 Å². The van der Waals surface area contributed by atoms with Gasteiger partial charge in [-0.3, -0.25) is 0 Å². The van der Waals surface area contributed by atoms with Crippen LogP contribution in [0.1, 0.15) is 11.7 Å². The number of aliphatic hydroxyl groups is 1. The highest BCUT2D eigenvalue weighted by Gasteiger charge is 2.09. The molecule has 0 saturated carbocycles. The van der Waals surface area contributed by atoms with E-state index in [0.29, 0.717) is 5.56 Å². The number of rotatable bonds is 2. The molecule has 0 fully saturated rings. The van der Waals surface area contributed by atoms with Crippen molar-refractivity contribution >= 4 is 15.9 Å². The van der Waals surface area contributed by atoms with Crippen molar-refractivity contribution in [1.29, 1.82) is 0 Å². The van der Waals surface area contributed by atoms with E-state index in [1.54, 1.807) is 6.07 Å². The van der Waals surface area contributed by atoms with Gasteiger partial charge in [-0.1, -0.05) is 15.9 Å². The van der Waals surface area contributed by atoms with Crippen molar-refractivity contribution in [3.63, 3.8) is 0 Å². The predicted molar refractivity (Wildman–Crippen MR) is 49.8 cm³/mol. The lowest BCUT2D eigenvalue weighted by Crippen LogP contribution is -2.11. The van der Waals surface area contributed by atoms with Gasteiger partial charge < -0.3 is 15.9 Å². The molecule has 0 amide bonds. The van der Waals surface area contributed by atoms with Crippen LogP contribution in [0.4, 0.5) is 0 Å². The van der Waals surface area contributed by atoms with Crippen LogP contribution in [0.2, 0.25) is 0 Å². The molecule has 1 rings (SSSR count). The van der Waals surface area contributed by atoms with Crippen molar-refractivity contribution in [2.45, 2.75) is 6.10 Å². The maximum atomic E-state index is 9.37. The molecule has 1 aromatic carbocycles.